The van der Waals surface area contributed by atoms with E-state index in [9.17, 15) is 18.0 Å². The second kappa shape index (κ2) is 4.48. The Kier molecular flexibility index (Phi) is 3.15. The fraction of sp³-hybridized carbons (Fsp3) is 0.308. The van der Waals surface area contributed by atoms with Crippen LogP contribution in [0.2, 0.25) is 0 Å². The van der Waals surface area contributed by atoms with E-state index in [0.29, 0.717) is 6.42 Å². The summed E-state index contributed by atoms with van der Waals surface area (Å²) in [7, 11) is 0. The van der Waals surface area contributed by atoms with E-state index in [0.717, 1.165) is 16.0 Å². The van der Waals surface area contributed by atoms with E-state index in [1.807, 2.05) is 12.1 Å². The Morgan fingerprint density at radius 2 is 2.06 bits per heavy atom. The van der Waals surface area contributed by atoms with E-state index < -0.39 is 18.1 Å². The van der Waals surface area contributed by atoms with Crippen molar-refractivity contribution in [2.24, 2.45) is 0 Å². The first-order valence-corrected chi connectivity index (χ1v) is 5.53. The molecule has 96 valence electrons. The number of benzene rings is 1. The number of hydrogen-bond acceptors (Lipinski definition) is 1. The number of alkyl halides is 3. The predicted molar refractivity (Wildman–Crippen MR) is 60.9 cm³/mol. The highest BCUT2D eigenvalue weighted by Gasteiger charge is 2.45. The third-order valence-corrected chi connectivity index (χ3v) is 3.06. The maximum absolute atomic E-state index is 12.5. The second-order valence-corrected chi connectivity index (χ2v) is 4.13. The van der Waals surface area contributed by atoms with Gasteiger partial charge in [0.1, 0.15) is 0 Å². The van der Waals surface area contributed by atoms with Gasteiger partial charge in [0.2, 0.25) is 0 Å². The molecule has 0 bridgehead atoms. The number of carbonyl (C=O) groups excluding carboxylic acids is 1. The molecule has 0 N–H and O–H groups in total. The lowest BCUT2D eigenvalue weighted by Gasteiger charge is -2.35. The van der Waals surface area contributed by atoms with Gasteiger partial charge in [0, 0.05) is 6.54 Å². The number of amides is 1. The molecule has 0 aromatic heterocycles. The molecule has 1 amide bonds. The lowest BCUT2D eigenvalue weighted by atomic mass is 9.92. The van der Waals surface area contributed by atoms with Crippen LogP contribution in [-0.4, -0.2) is 23.5 Å². The van der Waals surface area contributed by atoms with E-state index in [-0.39, 0.29) is 6.54 Å². The van der Waals surface area contributed by atoms with Crippen LogP contribution in [0.4, 0.5) is 13.2 Å². The monoisotopic (exact) mass is 255 g/mol. The Morgan fingerprint density at radius 3 is 2.67 bits per heavy atom. The largest absolute Gasteiger partial charge is 0.471 e. The Bertz CT molecular complexity index is 481. The Balaban J connectivity index is 2.37. The molecule has 1 heterocycles. The van der Waals surface area contributed by atoms with Crippen molar-refractivity contribution in [1.82, 2.24) is 4.90 Å². The summed E-state index contributed by atoms with van der Waals surface area (Å²) in [6, 6.07) is 6.47. The molecule has 1 atom stereocenters. The lowest BCUT2D eigenvalue weighted by molar-refractivity contribution is -0.187. The maximum Gasteiger partial charge on any atom is 0.471 e. The highest BCUT2D eigenvalue weighted by Crippen LogP contribution is 2.33. The van der Waals surface area contributed by atoms with Gasteiger partial charge < -0.3 is 4.90 Å². The summed E-state index contributed by atoms with van der Waals surface area (Å²) < 4.78 is 37.5. The van der Waals surface area contributed by atoms with Crippen molar-refractivity contribution in [1.29, 1.82) is 0 Å². The molecule has 0 spiro atoms. The normalized spacial score (nSPS) is 19.3. The van der Waals surface area contributed by atoms with E-state index in [4.69, 9.17) is 0 Å². The summed E-state index contributed by atoms with van der Waals surface area (Å²) in [6.45, 7) is 3.60. The number of nitrogens with zero attached hydrogens (tertiary/aromatic N) is 1. The van der Waals surface area contributed by atoms with Crippen LogP contribution in [-0.2, 0) is 11.2 Å². The minimum atomic E-state index is -4.84. The van der Waals surface area contributed by atoms with Crippen molar-refractivity contribution in [2.45, 2.75) is 18.6 Å². The highest BCUT2D eigenvalue weighted by molar-refractivity contribution is 5.83. The van der Waals surface area contributed by atoms with Crippen LogP contribution in [0.15, 0.2) is 36.9 Å². The van der Waals surface area contributed by atoms with Gasteiger partial charge in [-0.1, -0.05) is 30.3 Å². The van der Waals surface area contributed by atoms with Crippen molar-refractivity contribution in [3.05, 3.63) is 48.0 Å². The molecule has 1 aromatic carbocycles. The van der Waals surface area contributed by atoms with E-state index >= 15 is 0 Å². The van der Waals surface area contributed by atoms with Crippen molar-refractivity contribution in [3.63, 3.8) is 0 Å². The second-order valence-electron chi connectivity index (χ2n) is 4.13. The summed E-state index contributed by atoms with van der Waals surface area (Å²) in [5, 5.41) is 0. The fourth-order valence-corrected chi connectivity index (χ4v) is 2.24. The van der Waals surface area contributed by atoms with Crippen LogP contribution in [0, 0.1) is 0 Å². The van der Waals surface area contributed by atoms with Crippen LogP contribution in [0.25, 0.3) is 0 Å². The van der Waals surface area contributed by atoms with Crippen LogP contribution in [0.5, 0.6) is 0 Å². The van der Waals surface area contributed by atoms with Crippen molar-refractivity contribution in [3.8, 4) is 0 Å². The van der Waals surface area contributed by atoms with Gasteiger partial charge in [0.15, 0.2) is 0 Å². The van der Waals surface area contributed by atoms with E-state index in [1.54, 1.807) is 12.1 Å². The molecular weight excluding hydrogens is 243 g/mol. The molecule has 1 aliphatic rings. The molecule has 0 saturated carbocycles. The highest BCUT2D eigenvalue weighted by atomic mass is 19.4. The average molecular weight is 255 g/mol. The van der Waals surface area contributed by atoms with Gasteiger partial charge in [0.25, 0.3) is 0 Å². The number of rotatable bonds is 1. The maximum atomic E-state index is 12.5. The average Bonchev–Trinajstić information content (AvgIpc) is 2.35. The smallest absolute Gasteiger partial charge is 0.324 e. The molecule has 0 radical (unpaired) electrons. The molecule has 0 fully saturated rings. The summed E-state index contributed by atoms with van der Waals surface area (Å²) >= 11 is 0. The van der Waals surface area contributed by atoms with Crippen LogP contribution < -0.4 is 0 Å². The Morgan fingerprint density at radius 1 is 1.39 bits per heavy atom. The predicted octanol–water partition coefficient (Wildman–Crippen LogP) is 2.86. The van der Waals surface area contributed by atoms with Crippen LogP contribution in [0.1, 0.15) is 17.2 Å². The first-order chi connectivity index (χ1) is 8.45. The summed E-state index contributed by atoms with van der Waals surface area (Å²) in [5.74, 6) is -1.80. The zero-order chi connectivity index (χ0) is 13.3. The zero-order valence-electron chi connectivity index (χ0n) is 9.57. The first kappa shape index (κ1) is 12.7. The van der Waals surface area contributed by atoms with Gasteiger partial charge in [-0.3, -0.25) is 4.79 Å². The number of halogens is 3. The zero-order valence-corrected chi connectivity index (χ0v) is 9.57. The molecule has 1 aromatic rings. The number of carbonyl (C=O) groups is 1. The molecule has 18 heavy (non-hydrogen) atoms. The molecular formula is C13H12F3NO. The van der Waals surface area contributed by atoms with Crippen molar-refractivity contribution in [2.75, 3.05) is 6.54 Å². The Labute approximate surface area is 103 Å². The van der Waals surface area contributed by atoms with E-state index in [2.05, 4.69) is 6.58 Å². The van der Waals surface area contributed by atoms with Crippen molar-refractivity contribution < 1.29 is 18.0 Å². The van der Waals surface area contributed by atoms with Gasteiger partial charge in [-0.15, -0.1) is 6.58 Å². The standard InChI is InChI=1S/C13H12F3NO/c1-2-11-10-6-4-3-5-9(10)7-8-17(11)12(18)13(14,15)16/h2-6,11H,1,7-8H2. The third-order valence-electron chi connectivity index (χ3n) is 3.06. The molecule has 0 saturated heterocycles. The Hall–Kier alpha value is -1.78. The molecule has 5 heteroatoms. The molecule has 2 nitrogen and oxygen atoms in total. The van der Waals surface area contributed by atoms with Gasteiger partial charge in [-0.2, -0.15) is 13.2 Å². The number of hydrogen-bond donors (Lipinski definition) is 0. The quantitative estimate of drug-likeness (QED) is 0.707. The fourth-order valence-electron chi connectivity index (χ4n) is 2.24. The van der Waals surface area contributed by atoms with Crippen LogP contribution in [0.3, 0.4) is 0 Å². The summed E-state index contributed by atoms with van der Waals surface area (Å²) in [6.07, 6.45) is -3.03. The van der Waals surface area contributed by atoms with Gasteiger partial charge in [-0.25, -0.2) is 0 Å². The van der Waals surface area contributed by atoms with E-state index in [1.165, 1.54) is 6.08 Å². The molecule has 0 aliphatic carbocycles. The van der Waals surface area contributed by atoms with Crippen LogP contribution >= 0.6 is 0 Å². The summed E-state index contributed by atoms with van der Waals surface area (Å²) in [5.41, 5.74) is 1.69. The topological polar surface area (TPSA) is 20.3 Å². The third kappa shape index (κ3) is 2.12. The van der Waals surface area contributed by atoms with Gasteiger partial charge in [0.05, 0.1) is 6.04 Å². The first-order valence-electron chi connectivity index (χ1n) is 5.53. The summed E-state index contributed by atoms with van der Waals surface area (Å²) in [4.78, 5) is 12.2. The van der Waals surface area contributed by atoms with Gasteiger partial charge in [-0.05, 0) is 17.5 Å². The SMILES string of the molecule is C=CC1c2ccccc2CCN1C(=O)C(F)(F)F. The molecule has 1 aliphatic heterocycles. The van der Waals surface area contributed by atoms with Gasteiger partial charge >= 0.3 is 12.1 Å². The minimum absolute atomic E-state index is 0.0616. The lowest BCUT2D eigenvalue weighted by Crippen LogP contribution is -2.45. The van der Waals surface area contributed by atoms with Crippen molar-refractivity contribution >= 4 is 5.91 Å². The minimum Gasteiger partial charge on any atom is -0.324 e. The molecule has 2 rings (SSSR count). The molecule has 1 unspecified atom stereocenters. The number of fused-ring (bicyclic) bond motifs is 1.